The molecule has 2 aliphatic rings. The molecule has 1 heterocycles. The second kappa shape index (κ2) is 9.88. The molecule has 2 aromatic carbocycles. The highest BCUT2D eigenvalue weighted by molar-refractivity contribution is 7.89. The summed E-state index contributed by atoms with van der Waals surface area (Å²) in [6.07, 6.45) is 3.02. The lowest BCUT2D eigenvalue weighted by atomic mass is 9.96. The van der Waals surface area contributed by atoms with Gasteiger partial charge in [0.05, 0.1) is 4.90 Å². The van der Waals surface area contributed by atoms with Crippen LogP contribution in [0.3, 0.4) is 0 Å². The molecular formula is C26H33N3O4S. The fraction of sp³-hybridized carbons (Fsp3) is 0.462. The first-order valence-corrected chi connectivity index (χ1v) is 13.4. The van der Waals surface area contributed by atoms with Gasteiger partial charge in [-0.2, -0.15) is 4.31 Å². The zero-order valence-electron chi connectivity index (χ0n) is 19.8. The van der Waals surface area contributed by atoms with Crippen LogP contribution in [0.25, 0.3) is 0 Å². The maximum atomic E-state index is 13.4. The molecule has 7 nitrogen and oxygen atoms in total. The van der Waals surface area contributed by atoms with Crippen molar-refractivity contribution in [3.63, 3.8) is 0 Å². The molecule has 1 aliphatic heterocycles. The van der Waals surface area contributed by atoms with Crippen molar-refractivity contribution in [3.8, 4) is 0 Å². The van der Waals surface area contributed by atoms with Crippen LogP contribution in [-0.2, 0) is 21.4 Å². The van der Waals surface area contributed by atoms with Gasteiger partial charge in [0, 0.05) is 37.2 Å². The van der Waals surface area contributed by atoms with Crippen LogP contribution >= 0.6 is 0 Å². The van der Waals surface area contributed by atoms with Crippen LogP contribution in [0.1, 0.15) is 66.9 Å². The van der Waals surface area contributed by atoms with Gasteiger partial charge in [-0.15, -0.1) is 0 Å². The molecule has 0 aromatic heterocycles. The van der Waals surface area contributed by atoms with E-state index in [0.29, 0.717) is 48.9 Å². The second-order valence-electron chi connectivity index (χ2n) is 9.66. The molecule has 2 N–H and O–H groups in total. The molecule has 182 valence electrons. The maximum Gasteiger partial charge on any atom is 0.248 e. The van der Waals surface area contributed by atoms with E-state index in [1.807, 2.05) is 29.2 Å². The van der Waals surface area contributed by atoms with Crippen molar-refractivity contribution < 1.29 is 18.0 Å². The lowest BCUT2D eigenvalue weighted by Crippen LogP contribution is -2.44. The summed E-state index contributed by atoms with van der Waals surface area (Å²) in [5.41, 5.74) is 7.82. The van der Waals surface area contributed by atoms with E-state index in [4.69, 9.17) is 5.73 Å². The number of hydrogen-bond acceptors (Lipinski definition) is 4. The van der Waals surface area contributed by atoms with Gasteiger partial charge in [0.2, 0.25) is 21.8 Å². The van der Waals surface area contributed by atoms with Crippen molar-refractivity contribution in [1.29, 1.82) is 0 Å². The third-order valence-corrected chi connectivity index (χ3v) is 8.76. The molecule has 2 fully saturated rings. The van der Waals surface area contributed by atoms with Gasteiger partial charge in [-0.25, -0.2) is 8.42 Å². The maximum absolute atomic E-state index is 13.4. The van der Waals surface area contributed by atoms with E-state index in [2.05, 4.69) is 13.8 Å². The largest absolute Gasteiger partial charge is 0.366 e. The lowest BCUT2D eigenvalue weighted by molar-refractivity contribution is -0.138. The van der Waals surface area contributed by atoms with Gasteiger partial charge in [-0.1, -0.05) is 38.1 Å². The Kier molecular flexibility index (Phi) is 7.09. The highest BCUT2D eigenvalue weighted by Gasteiger charge is 2.38. The molecule has 0 spiro atoms. The molecule has 0 bridgehead atoms. The highest BCUT2D eigenvalue weighted by Crippen LogP contribution is 2.33. The molecule has 2 aromatic rings. The van der Waals surface area contributed by atoms with Crippen molar-refractivity contribution in [1.82, 2.24) is 9.21 Å². The molecule has 8 heteroatoms. The summed E-state index contributed by atoms with van der Waals surface area (Å²) in [5, 5.41) is 0. The van der Waals surface area contributed by atoms with Crippen molar-refractivity contribution >= 4 is 21.8 Å². The number of rotatable bonds is 8. The van der Waals surface area contributed by atoms with Gasteiger partial charge in [-0.3, -0.25) is 9.59 Å². The van der Waals surface area contributed by atoms with Crippen molar-refractivity contribution in [2.75, 3.05) is 13.1 Å². The van der Waals surface area contributed by atoms with E-state index in [-0.39, 0.29) is 17.9 Å². The average Bonchev–Trinajstić information content (AvgIpc) is 3.68. The molecule has 1 saturated carbocycles. The number of carbonyl (C=O) groups excluding carboxylic acids is 2. The molecular weight excluding hydrogens is 450 g/mol. The number of nitrogens with two attached hydrogens (primary N) is 1. The number of hydrogen-bond donors (Lipinski definition) is 1. The van der Waals surface area contributed by atoms with Gasteiger partial charge in [0.15, 0.2) is 0 Å². The van der Waals surface area contributed by atoms with E-state index in [1.165, 1.54) is 4.31 Å². The van der Waals surface area contributed by atoms with E-state index >= 15 is 0 Å². The number of primary amides is 1. The number of benzene rings is 2. The molecule has 0 unspecified atom stereocenters. The Morgan fingerprint density at radius 3 is 2.06 bits per heavy atom. The molecule has 0 radical (unpaired) electrons. The minimum atomic E-state index is -3.57. The summed E-state index contributed by atoms with van der Waals surface area (Å²) in [7, 11) is -3.57. The number of amides is 2. The minimum absolute atomic E-state index is 0.0970. The van der Waals surface area contributed by atoms with Crippen LogP contribution in [-0.4, -0.2) is 48.6 Å². The summed E-state index contributed by atoms with van der Waals surface area (Å²) in [6.45, 7) is 5.33. The Bertz CT molecular complexity index is 1130. The number of carbonyl (C=O) groups is 2. The first-order valence-electron chi connectivity index (χ1n) is 12.0. The summed E-state index contributed by atoms with van der Waals surface area (Å²) in [4.78, 5) is 26.9. The predicted molar refractivity (Wildman–Crippen MR) is 131 cm³/mol. The quantitative estimate of drug-likeness (QED) is 0.621. The third-order valence-electron chi connectivity index (χ3n) is 6.85. The average molecular weight is 484 g/mol. The van der Waals surface area contributed by atoms with Gasteiger partial charge >= 0.3 is 0 Å². The summed E-state index contributed by atoms with van der Waals surface area (Å²) in [6, 6.07) is 14.4. The smallest absolute Gasteiger partial charge is 0.248 e. The highest BCUT2D eigenvalue weighted by atomic mass is 32.2. The zero-order valence-corrected chi connectivity index (χ0v) is 20.6. The molecule has 2 amide bonds. The van der Waals surface area contributed by atoms with E-state index in [0.717, 1.165) is 24.0 Å². The zero-order chi connectivity index (χ0) is 24.5. The third kappa shape index (κ3) is 5.33. The minimum Gasteiger partial charge on any atom is -0.366 e. The molecule has 1 aliphatic carbocycles. The normalized spacial score (nSPS) is 17.6. The Labute approximate surface area is 202 Å². The predicted octanol–water partition coefficient (Wildman–Crippen LogP) is 3.50. The van der Waals surface area contributed by atoms with Crippen LogP contribution < -0.4 is 5.73 Å². The second-order valence-corrected chi connectivity index (χ2v) is 11.6. The SMILES string of the molecule is CC(C)c1ccc(S(=O)(=O)N2CCC(C(=O)N(Cc3ccc(C(N)=O)cc3)C3CC3)CC2)cc1. The molecule has 34 heavy (non-hydrogen) atoms. The fourth-order valence-corrected chi connectivity index (χ4v) is 5.97. The van der Waals surface area contributed by atoms with Crippen LogP contribution in [0.2, 0.25) is 0 Å². The van der Waals surface area contributed by atoms with Crippen molar-refractivity contribution in [2.24, 2.45) is 11.7 Å². The Balaban J connectivity index is 1.39. The Morgan fingerprint density at radius 1 is 0.971 bits per heavy atom. The first-order chi connectivity index (χ1) is 16.2. The Morgan fingerprint density at radius 2 is 1.56 bits per heavy atom. The molecule has 4 rings (SSSR count). The van der Waals surface area contributed by atoms with Gasteiger partial charge in [0.25, 0.3) is 0 Å². The summed E-state index contributed by atoms with van der Waals surface area (Å²) in [5.74, 6) is -0.215. The Hall–Kier alpha value is -2.71. The molecule has 1 saturated heterocycles. The van der Waals surface area contributed by atoms with Crippen LogP contribution in [0.5, 0.6) is 0 Å². The topological polar surface area (TPSA) is 101 Å². The van der Waals surface area contributed by atoms with Gasteiger partial charge < -0.3 is 10.6 Å². The van der Waals surface area contributed by atoms with Gasteiger partial charge in [-0.05, 0) is 67.0 Å². The van der Waals surface area contributed by atoms with Crippen molar-refractivity contribution in [3.05, 3.63) is 65.2 Å². The van der Waals surface area contributed by atoms with Crippen LogP contribution in [0, 0.1) is 5.92 Å². The van der Waals surface area contributed by atoms with Crippen molar-refractivity contribution in [2.45, 2.75) is 62.9 Å². The number of sulfonamides is 1. The van der Waals surface area contributed by atoms with E-state index < -0.39 is 15.9 Å². The first kappa shape index (κ1) is 24.4. The van der Waals surface area contributed by atoms with Gasteiger partial charge in [0.1, 0.15) is 0 Å². The van der Waals surface area contributed by atoms with Crippen LogP contribution in [0.4, 0.5) is 0 Å². The molecule has 0 atom stereocenters. The summed E-state index contributed by atoms with van der Waals surface area (Å²) >= 11 is 0. The number of piperidine rings is 1. The standard InChI is InChI=1S/C26H33N3O4S/c1-18(2)20-7-11-24(12-8-20)34(32,33)28-15-13-22(14-16-28)26(31)29(23-9-10-23)17-19-3-5-21(6-4-19)25(27)30/h3-8,11-12,18,22-23H,9-10,13-17H2,1-2H3,(H2,27,30). The van der Waals surface area contributed by atoms with Crippen LogP contribution in [0.15, 0.2) is 53.4 Å². The summed E-state index contributed by atoms with van der Waals surface area (Å²) < 4.78 is 27.7. The fourth-order valence-electron chi connectivity index (χ4n) is 4.50. The van der Waals surface area contributed by atoms with E-state index in [1.54, 1.807) is 24.3 Å². The van der Waals surface area contributed by atoms with E-state index in [9.17, 15) is 18.0 Å². The number of nitrogens with zero attached hydrogens (tertiary/aromatic N) is 2. The monoisotopic (exact) mass is 483 g/mol. The lowest BCUT2D eigenvalue weighted by Gasteiger charge is -2.34.